The Balaban J connectivity index is 2.33. The number of nitrogens with zero attached hydrogens (tertiary/aromatic N) is 1. The number of carbonyl (C=O) groups is 2. The first kappa shape index (κ1) is 11.9. The van der Waals surface area contributed by atoms with E-state index in [0.29, 0.717) is 5.06 Å². The van der Waals surface area contributed by atoms with Crippen molar-refractivity contribution in [2.24, 2.45) is 0 Å². The average Bonchev–Trinajstić information content (AvgIpc) is 2.50. The predicted molar refractivity (Wildman–Crippen MR) is 50.9 cm³/mol. The van der Waals surface area contributed by atoms with Crippen molar-refractivity contribution >= 4 is 19.1 Å². The van der Waals surface area contributed by atoms with Gasteiger partial charge < -0.3 is 9.68 Å². The minimum atomic E-state index is -1.60. The Morgan fingerprint density at radius 2 is 2.07 bits per heavy atom. The summed E-state index contributed by atoms with van der Waals surface area (Å²) < 4.78 is 9.36. The number of carbonyl (C=O) groups excluding carboxylic acids is 2. The van der Waals surface area contributed by atoms with Crippen molar-refractivity contribution in [3.05, 3.63) is 12.2 Å². The van der Waals surface area contributed by atoms with Gasteiger partial charge in [-0.2, -0.15) is 5.06 Å². The normalized spacial score (nSPS) is 16.8. The van der Waals surface area contributed by atoms with E-state index < -0.39 is 19.1 Å². The van der Waals surface area contributed by atoms with Crippen LogP contribution in [0.25, 0.3) is 0 Å². The van der Waals surface area contributed by atoms with Crippen LogP contribution in [-0.2, 0) is 19.0 Å². The van der Waals surface area contributed by atoms with Crippen LogP contribution < -0.4 is 0 Å². The SMILES string of the molecule is CC=CCOB(O)ON1C(=O)CCC1=O. The molecule has 1 heterocycles. The zero-order valence-electron chi connectivity index (χ0n) is 8.38. The van der Waals surface area contributed by atoms with E-state index in [0.717, 1.165) is 0 Å². The summed E-state index contributed by atoms with van der Waals surface area (Å²) in [6.45, 7) is 1.94. The molecular weight excluding hydrogens is 201 g/mol. The molecule has 0 atom stereocenters. The Labute approximate surface area is 87.6 Å². The summed E-state index contributed by atoms with van der Waals surface area (Å²) in [6, 6.07) is 0. The van der Waals surface area contributed by atoms with Gasteiger partial charge in [0.15, 0.2) is 0 Å². The van der Waals surface area contributed by atoms with Crippen molar-refractivity contribution in [3.8, 4) is 0 Å². The molecule has 1 saturated heterocycles. The molecule has 0 unspecified atom stereocenters. The number of rotatable bonds is 5. The van der Waals surface area contributed by atoms with Crippen LogP contribution in [0.3, 0.4) is 0 Å². The molecule has 1 fully saturated rings. The van der Waals surface area contributed by atoms with E-state index in [1.54, 1.807) is 19.1 Å². The van der Waals surface area contributed by atoms with Crippen molar-refractivity contribution in [3.63, 3.8) is 0 Å². The highest BCUT2D eigenvalue weighted by atomic mass is 16.8. The van der Waals surface area contributed by atoms with Crippen molar-refractivity contribution in [2.75, 3.05) is 6.61 Å². The molecule has 1 N–H and O–H groups in total. The molecule has 7 heteroatoms. The Morgan fingerprint density at radius 1 is 1.47 bits per heavy atom. The maximum absolute atomic E-state index is 11.0. The van der Waals surface area contributed by atoms with E-state index in [1.165, 1.54) is 0 Å². The standard InChI is InChI=1S/C8H12BNO5/c1-2-3-6-14-9(13)15-10-7(11)4-5-8(10)12/h2-3,13H,4-6H2,1H3. The van der Waals surface area contributed by atoms with Gasteiger partial charge in [0.1, 0.15) is 0 Å². The number of hydrogen-bond donors (Lipinski definition) is 1. The number of allylic oxidation sites excluding steroid dienone is 1. The summed E-state index contributed by atoms with van der Waals surface area (Å²) in [4.78, 5) is 22.1. The Bertz CT molecular complexity index is 264. The minimum Gasteiger partial charge on any atom is -0.400 e. The molecule has 0 aromatic heterocycles. The third-order valence-electron chi connectivity index (χ3n) is 1.77. The highest BCUT2D eigenvalue weighted by Crippen LogP contribution is 2.12. The van der Waals surface area contributed by atoms with Gasteiger partial charge in [0.05, 0.1) is 6.61 Å². The second-order valence-electron chi connectivity index (χ2n) is 2.90. The smallest absolute Gasteiger partial charge is 0.400 e. The fourth-order valence-electron chi connectivity index (χ4n) is 1.03. The van der Waals surface area contributed by atoms with Gasteiger partial charge in [-0.15, -0.1) is 0 Å². The van der Waals surface area contributed by atoms with Gasteiger partial charge in [0.2, 0.25) is 0 Å². The maximum atomic E-state index is 11.0. The predicted octanol–water partition coefficient (Wildman–Crippen LogP) is -0.363. The molecule has 0 spiro atoms. The monoisotopic (exact) mass is 213 g/mol. The van der Waals surface area contributed by atoms with Crippen molar-refractivity contribution in [2.45, 2.75) is 19.8 Å². The summed E-state index contributed by atoms with van der Waals surface area (Å²) >= 11 is 0. The van der Waals surface area contributed by atoms with Gasteiger partial charge in [0, 0.05) is 12.8 Å². The molecule has 1 aliphatic heterocycles. The zero-order chi connectivity index (χ0) is 11.3. The zero-order valence-corrected chi connectivity index (χ0v) is 8.38. The van der Waals surface area contributed by atoms with Crippen LogP contribution in [-0.4, -0.2) is 35.8 Å². The summed E-state index contributed by atoms with van der Waals surface area (Å²) in [5, 5.41) is 9.69. The first-order chi connectivity index (χ1) is 7.15. The van der Waals surface area contributed by atoms with Crippen LogP contribution >= 0.6 is 0 Å². The molecule has 15 heavy (non-hydrogen) atoms. The average molecular weight is 213 g/mol. The van der Waals surface area contributed by atoms with Gasteiger partial charge in [-0.25, -0.2) is 0 Å². The maximum Gasteiger partial charge on any atom is 0.660 e. The van der Waals surface area contributed by atoms with Crippen molar-refractivity contribution in [1.82, 2.24) is 5.06 Å². The fraction of sp³-hybridized carbons (Fsp3) is 0.500. The lowest BCUT2D eigenvalue weighted by Gasteiger charge is -2.14. The van der Waals surface area contributed by atoms with Crippen LogP contribution in [0.4, 0.5) is 0 Å². The molecule has 0 bridgehead atoms. The lowest BCUT2D eigenvalue weighted by molar-refractivity contribution is -0.171. The molecule has 0 aromatic carbocycles. The third-order valence-corrected chi connectivity index (χ3v) is 1.77. The molecule has 1 rings (SSSR count). The number of amides is 2. The molecule has 6 nitrogen and oxygen atoms in total. The molecule has 0 aliphatic carbocycles. The number of imide groups is 1. The van der Waals surface area contributed by atoms with Crippen LogP contribution in [0.5, 0.6) is 0 Å². The van der Waals surface area contributed by atoms with Crippen molar-refractivity contribution in [1.29, 1.82) is 0 Å². The molecule has 1 aliphatic rings. The summed E-state index contributed by atoms with van der Waals surface area (Å²) in [5.74, 6) is -0.928. The van der Waals surface area contributed by atoms with Crippen LogP contribution in [0.2, 0.25) is 0 Å². The topological polar surface area (TPSA) is 76.1 Å². The third kappa shape index (κ3) is 3.47. The van der Waals surface area contributed by atoms with Crippen molar-refractivity contribution < 1.29 is 24.0 Å². The number of hydrogen-bond acceptors (Lipinski definition) is 5. The van der Waals surface area contributed by atoms with Crippen LogP contribution in [0, 0.1) is 0 Å². The quantitative estimate of drug-likeness (QED) is 0.383. The van der Waals surface area contributed by atoms with E-state index in [4.69, 9.17) is 9.68 Å². The van der Waals surface area contributed by atoms with E-state index in [2.05, 4.69) is 4.76 Å². The highest BCUT2D eigenvalue weighted by molar-refractivity contribution is 6.35. The summed E-state index contributed by atoms with van der Waals surface area (Å²) in [7, 11) is -1.60. The highest BCUT2D eigenvalue weighted by Gasteiger charge is 2.34. The summed E-state index contributed by atoms with van der Waals surface area (Å²) in [5.41, 5.74) is 0. The Hall–Kier alpha value is -1.18. The first-order valence-corrected chi connectivity index (χ1v) is 4.58. The molecule has 82 valence electrons. The van der Waals surface area contributed by atoms with Gasteiger partial charge in [-0.1, -0.05) is 12.2 Å². The molecule has 0 radical (unpaired) electrons. The van der Waals surface area contributed by atoms with Gasteiger partial charge in [-0.05, 0) is 6.92 Å². The fourth-order valence-corrected chi connectivity index (χ4v) is 1.03. The van der Waals surface area contributed by atoms with E-state index in [9.17, 15) is 9.59 Å². The van der Waals surface area contributed by atoms with E-state index in [-0.39, 0.29) is 19.4 Å². The lowest BCUT2D eigenvalue weighted by Crippen LogP contribution is -2.38. The van der Waals surface area contributed by atoms with Gasteiger partial charge in [-0.3, -0.25) is 14.3 Å². The minimum absolute atomic E-state index is 0.112. The van der Waals surface area contributed by atoms with E-state index >= 15 is 0 Å². The Morgan fingerprint density at radius 3 is 2.60 bits per heavy atom. The lowest BCUT2D eigenvalue weighted by atomic mass is 10.2. The van der Waals surface area contributed by atoms with Gasteiger partial charge >= 0.3 is 7.32 Å². The molecule has 0 saturated carbocycles. The first-order valence-electron chi connectivity index (χ1n) is 4.58. The number of hydroxylamine groups is 2. The van der Waals surface area contributed by atoms with E-state index in [1.807, 2.05) is 0 Å². The van der Waals surface area contributed by atoms with Crippen LogP contribution in [0.15, 0.2) is 12.2 Å². The summed E-state index contributed by atoms with van der Waals surface area (Å²) in [6.07, 6.45) is 3.61. The molecule has 2 amide bonds. The molecule has 0 aromatic rings. The Kier molecular flexibility index (Phi) is 4.48. The van der Waals surface area contributed by atoms with Crippen LogP contribution in [0.1, 0.15) is 19.8 Å². The second-order valence-corrected chi connectivity index (χ2v) is 2.90. The molecular formula is C8H12BNO5. The second kappa shape index (κ2) is 5.64. The van der Waals surface area contributed by atoms with Gasteiger partial charge in [0.25, 0.3) is 11.8 Å². The largest absolute Gasteiger partial charge is 0.660 e.